The highest BCUT2D eigenvalue weighted by molar-refractivity contribution is 6.31. The third kappa shape index (κ3) is 2.77. The average molecular weight is 419 g/mol. The Morgan fingerprint density at radius 2 is 1.71 bits per heavy atom. The number of Topliss-reactive ketones (excluding diaryl/α,β-unsaturated/α-hetero) is 2. The van der Waals surface area contributed by atoms with Crippen LogP contribution in [0.25, 0.3) is 0 Å². The number of nitrogens with one attached hydrogen (secondary N) is 1. The molecule has 2 aliphatic rings. The maximum absolute atomic E-state index is 13.7. The molecule has 7 nitrogen and oxygen atoms in total. The second-order valence-electron chi connectivity index (χ2n) is 7.88. The molecule has 2 aromatic carbocycles. The van der Waals surface area contributed by atoms with E-state index in [4.69, 9.17) is 4.74 Å². The highest BCUT2D eigenvalue weighted by atomic mass is 16.5. The van der Waals surface area contributed by atoms with Crippen molar-refractivity contribution in [2.45, 2.75) is 33.1 Å². The van der Waals surface area contributed by atoms with E-state index in [2.05, 4.69) is 5.32 Å². The highest BCUT2D eigenvalue weighted by Crippen LogP contribution is 2.57. The van der Waals surface area contributed by atoms with Gasteiger partial charge in [0.25, 0.3) is 0 Å². The van der Waals surface area contributed by atoms with Gasteiger partial charge in [0.05, 0.1) is 11.1 Å². The Morgan fingerprint density at radius 1 is 1.06 bits per heavy atom. The third-order valence-electron chi connectivity index (χ3n) is 5.87. The lowest BCUT2D eigenvalue weighted by Gasteiger charge is -2.29. The van der Waals surface area contributed by atoms with Gasteiger partial charge in [0, 0.05) is 23.0 Å². The Bertz CT molecular complexity index is 1240. The zero-order valence-corrected chi connectivity index (χ0v) is 17.5. The lowest BCUT2D eigenvalue weighted by molar-refractivity contribution is -0.123. The number of carbonyl (C=O) groups excluding carboxylic acids is 3. The number of aromatic hydroxyl groups is 2. The predicted octanol–water partition coefficient (Wildman–Crippen LogP) is 3.68. The molecule has 0 unspecified atom stereocenters. The number of rotatable bonds is 3. The fourth-order valence-corrected chi connectivity index (χ4v) is 4.16. The molecule has 0 saturated heterocycles. The Morgan fingerprint density at radius 3 is 2.32 bits per heavy atom. The summed E-state index contributed by atoms with van der Waals surface area (Å²) in [7, 11) is 0. The van der Waals surface area contributed by atoms with Crippen molar-refractivity contribution in [3.8, 4) is 17.2 Å². The largest absolute Gasteiger partial charge is 0.507 e. The van der Waals surface area contributed by atoms with Crippen molar-refractivity contribution < 1.29 is 29.3 Å². The van der Waals surface area contributed by atoms with Crippen molar-refractivity contribution in [2.75, 3.05) is 5.32 Å². The molecule has 158 valence electrons. The summed E-state index contributed by atoms with van der Waals surface area (Å²) in [6, 6.07) is 9.09. The summed E-state index contributed by atoms with van der Waals surface area (Å²) in [6.07, 6.45) is 1.20. The first kappa shape index (κ1) is 20.4. The van der Waals surface area contributed by atoms with Crippen LogP contribution in [0.3, 0.4) is 0 Å². The quantitative estimate of drug-likeness (QED) is 0.395. The molecule has 2 aromatic rings. The van der Waals surface area contributed by atoms with Gasteiger partial charge >= 0.3 is 0 Å². The van der Waals surface area contributed by atoms with Crippen molar-refractivity contribution in [1.29, 1.82) is 0 Å². The topological polar surface area (TPSA) is 113 Å². The van der Waals surface area contributed by atoms with Crippen LogP contribution in [-0.2, 0) is 15.0 Å². The number of fused-ring (bicyclic) bond motifs is 3. The molecule has 31 heavy (non-hydrogen) atoms. The van der Waals surface area contributed by atoms with Crippen molar-refractivity contribution in [3.05, 3.63) is 70.1 Å². The molecule has 0 aromatic heterocycles. The van der Waals surface area contributed by atoms with Gasteiger partial charge < -0.3 is 20.3 Å². The number of ketones is 3. The Balaban J connectivity index is 1.94. The molecule has 1 aliphatic carbocycles. The zero-order chi connectivity index (χ0) is 22.7. The normalized spacial score (nSPS) is 21.1. The number of hydrogen-bond donors (Lipinski definition) is 3. The minimum atomic E-state index is -1.52. The van der Waals surface area contributed by atoms with Crippen LogP contribution < -0.4 is 10.1 Å². The van der Waals surface area contributed by atoms with Gasteiger partial charge in [-0.3, -0.25) is 14.4 Å². The highest BCUT2D eigenvalue weighted by Gasteiger charge is 2.56. The summed E-state index contributed by atoms with van der Waals surface area (Å²) in [5.74, 6) is -2.45. The van der Waals surface area contributed by atoms with Crippen molar-refractivity contribution in [1.82, 2.24) is 0 Å². The molecular weight excluding hydrogens is 398 g/mol. The molecule has 1 heterocycles. The number of phenolic OH excluding ortho intramolecular Hbond substituents is 2. The van der Waals surface area contributed by atoms with Gasteiger partial charge in [0.1, 0.15) is 34.0 Å². The number of carbonyl (C=O) groups is 3. The molecule has 3 N–H and O–H groups in total. The van der Waals surface area contributed by atoms with Gasteiger partial charge in [-0.05, 0) is 39.8 Å². The van der Waals surface area contributed by atoms with Crippen molar-refractivity contribution in [2.24, 2.45) is 0 Å². The Labute approximate surface area is 178 Å². The molecule has 0 fully saturated rings. The second kappa shape index (κ2) is 6.84. The lowest BCUT2D eigenvalue weighted by atomic mass is 9.70. The first-order valence-corrected chi connectivity index (χ1v) is 9.71. The molecule has 7 heteroatoms. The molecule has 0 spiro atoms. The summed E-state index contributed by atoms with van der Waals surface area (Å²) in [4.78, 5) is 38.7. The average Bonchev–Trinajstić information content (AvgIpc) is 3.00. The number of hydrogen-bond acceptors (Lipinski definition) is 7. The van der Waals surface area contributed by atoms with E-state index in [1.165, 1.54) is 26.8 Å². The summed E-state index contributed by atoms with van der Waals surface area (Å²) in [5, 5.41) is 24.3. The van der Waals surface area contributed by atoms with Crippen molar-refractivity contribution in [3.63, 3.8) is 0 Å². The van der Waals surface area contributed by atoms with Gasteiger partial charge in [0.2, 0.25) is 0 Å². The summed E-state index contributed by atoms with van der Waals surface area (Å²) in [5.41, 5.74) is -0.532. The smallest absolute Gasteiger partial charge is 0.194 e. The van der Waals surface area contributed by atoms with Crippen molar-refractivity contribution >= 4 is 23.0 Å². The SMILES string of the molecule is CC(=O)c1c(O)c(C)c(O)c2c1OC1=CC(=O)/C(=C(\C)Nc3ccccc3)C(=O)[C@]12C. The van der Waals surface area contributed by atoms with E-state index in [0.717, 1.165) is 0 Å². The predicted molar refractivity (Wildman–Crippen MR) is 113 cm³/mol. The molecule has 1 aliphatic heterocycles. The molecule has 1 atom stereocenters. The number of para-hydroxylation sites is 1. The number of allylic oxidation sites excluding steroid dienone is 4. The van der Waals surface area contributed by atoms with Crippen LogP contribution in [0.1, 0.15) is 42.3 Å². The Hall–Kier alpha value is -3.87. The van der Waals surface area contributed by atoms with Gasteiger partial charge in [-0.15, -0.1) is 0 Å². The van der Waals surface area contributed by atoms with Crippen LogP contribution in [0.4, 0.5) is 5.69 Å². The van der Waals surface area contributed by atoms with E-state index in [1.54, 1.807) is 19.1 Å². The number of ether oxygens (including phenoxy) is 1. The van der Waals surface area contributed by atoms with Gasteiger partial charge in [-0.2, -0.15) is 0 Å². The maximum atomic E-state index is 13.7. The van der Waals surface area contributed by atoms with E-state index in [1.807, 2.05) is 18.2 Å². The van der Waals surface area contributed by atoms with Crippen LogP contribution in [0, 0.1) is 6.92 Å². The molecule has 0 saturated carbocycles. The van der Waals surface area contributed by atoms with E-state index < -0.39 is 28.5 Å². The monoisotopic (exact) mass is 419 g/mol. The zero-order valence-electron chi connectivity index (χ0n) is 17.5. The van der Waals surface area contributed by atoms with E-state index in [-0.39, 0.29) is 39.5 Å². The van der Waals surface area contributed by atoms with Crippen LogP contribution in [0.15, 0.2) is 53.4 Å². The van der Waals surface area contributed by atoms with Gasteiger partial charge in [-0.25, -0.2) is 0 Å². The fourth-order valence-electron chi connectivity index (χ4n) is 4.16. The number of anilines is 1. The second-order valence-corrected chi connectivity index (χ2v) is 7.88. The summed E-state index contributed by atoms with van der Waals surface area (Å²) < 4.78 is 5.75. The number of benzene rings is 2. The summed E-state index contributed by atoms with van der Waals surface area (Å²) in [6.45, 7) is 5.86. The lowest BCUT2D eigenvalue weighted by Crippen LogP contribution is -2.40. The molecule has 0 bridgehead atoms. The van der Waals surface area contributed by atoms with E-state index >= 15 is 0 Å². The first-order chi connectivity index (χ1) is 14.6. The maximum Gasteiger partial charge on any atom is 0.194 e. The van der Waals surface area contributed by atoms with E-state index in [0.29, 0.717) is 11.4 Å². The molecule has 0 radical (unpaired) electrons. The van der Waals surface area contributed by atoms with Crippen LogP contribution in [0.2, 0.25) is 0 Å². The van der Waals surface area contributed by atoms with Crippen LogP contribution in [-0.4, -0.2) is 27.6 Å². The van der Waals surface area contributed by atoms with Crippen LogP contribution >= 0.6 is 0 Å². The van der Waals surface area contributed by atoms with Gasteiger partial charge in [-0.1, -0.05) is 18.2 Å². The fraction of sp³-hybridized carbons (Fsp3) is 0.208. The third-order valence-corrected chi connectivity index (χ3v) is 5.87. The van der Waals surface area contributed by atoms with E-state index in [9.17, 15) is 24.6 Å². The van der Waals surface area contributed by atoms with Gasteiger partial charge in [0.15, 0.2) is 17.3 Å². The standard InChI is InChI=1S/C24H21NO6/c1-11-20(28)18(13(3)26)22-19(21(11)29)24(4)16(31-22)10-15(27)17(23(24)30)12(2)25-14-8-6-5-7-9-14/h5-10,25,28-29H,1-4H3/b17-12-/t24-/m1/s1. The Kier molecular flexibility index (Phi) is 4.50. The molecule has 0 amide bonds. The number of phenols is 2. The first-order valence-electron chi connectivity index (χ1n) is 9.71. The minimum absolute atomic E-state index is 0.0107. The minimum Gasteiger partial charge on any atom is -0.507 e. The molecular formula is C24H21NO6. The summed E-state index contributed by atoms with van der Waals surface area (Å²) >= 11 is 0. The van der Waals surface area contributed by atoms with Crippen LogP contribution in [0.5, 0.6) is 17.2 Å². The molecule has 4 rings (SSSR count).